The maximum Gasteiger partial charge on any atom is 0.183 e. The lowest BCUT2D eigenvalue weighted by Gasteiger charge is -2.02. The van der Waals surface area contributed by atoms with E-state index in [0.717, 1.165) is 29.3 Å². The summed E-state index contributed by atoms with van der Waals surface area (Å²) in [4.78, 5) is 4.70. The zero-order valence-corrected chi connectivity index (χ0v) is 14.1. The molecule has 0 amide bonds. The fourth-order valence-electron chi connectivity index (χ4n) is 2.55. The van der Waals surface area contributed by atoms with Gasteiger partial charge in [-0.05, 0) is 48.6 Å². The van der Waals surface area contributed by atoms with Crippen LogP contribution in [0.3, 0.4) is 0 Å². The van der Waals surface area contributed by atoms with Crippen molar-refractivity contribution in [3.63, 3.8) is 0 Å². The van der Waals surface area contributed by atoms with E-state index in [1.54, 1.807) is 0 Å². The average Bonchev–Trinajstić information content (AvgIpc) is 2.91. The monoisotopic (exact) mass is 306 g/mol. The Kier molecular flexibility index (Phi) is 4.24. The second-order valence-electron chi connectivity index (χ2n) is 6.13. The van der Waals surface area contributed by atoms with Crippen molar-refractivity contribution in [3.8, 4) is 0 Å². The number of hydrogen-bond acceptors (Lipinski definition) is 3. The van der Waals surface area contributed by atoms with Gasteiger partial charge in [0.15, 0.2) is 5.82 Å². The summed E-state index contributed by atoms with van der Waals surface area (Å²) in [5.74, 6) is 1.12. The van der Waals surface area contributed by atoms with E-state index in [9.17, 15) is 0 Å². The molecule has 2 aromatic heterocycles. The number of nitrogens with zero attached hydrogens (tertiary/aromatic N) is 4. The molecule has 0 fully saturated rings. The Morgan fingerprint density at radius 3 is 2.43 bits per heavy atom. The summed E-state index contributed by atoms with van der Waals surface area (Å²) in [5.41, 5.74) is 5.23. The maximum atomic E-state index is 4.70. The van der Waals surface area contributed by atoms with Crippen molar-refractivity contribution in [2.75, 3.05) is 0 Å². The first kappa shape index (κ1) is 15.4. The molecule has 2 heterocycles. The number of azo groups is 1. The van der Waals surface area contributed by atoms with Gasteiger partial charge in [0.1, 0.15) is 5.65 Å². The van der Waals surface area contributed by atoms with Gasteiger partial charge in [0.05, 0.1) is 11.4 Å². The van der Waals surface area contributed by atoms with Crippen LogP contribution in [0.2, 0.25) is 0 Å². The van der Waals surface area contributed by atoms with E-state index < -0.39 is 0 Å². The average molecular weight is 306 g/mol. The number of aromatic nitrogens is 2. The summed E-state index contributed by atoms with van der Waals surface area (Å²) in [6.45, 7) is 8.47. The van der Waals surface area contributed by atoms with Gasteiger partial charge in [-0.2, -0.15) is 0 Å². The summed E-state index contributed by atoms with van der Waals surface area (Å²) >= 11 is 0. The molecule has 0 spiro atoms. The lowest BCUT2D eigenvalue weighted by Crippen LogP contribution is -1.88. The Labute approximate surface area is 136 Å². The van der Waals surface area contributed by atoms with Crippen LogP contribution < -0.4 is 0 Å². The molecule has 1 aromatic carbocycles. The first-order chi connectivity index (χ1) is 11.1. The minimum atomic E-state index is 0.298. The SMILES string of the molecule is CCc1ccc(N=Nc2c(C(C)C)nc3ccc(C)cn23)cc1. The van der Waals surface area contributed by atoms with Crippen molar-refractivity contribution in [2.45, 2.75) is 40.0 Å². The van der Waals surface area contributed by atoms with Crippen molar-refractivity contribution in [1.29, 1.82) is 0 Å². The lowest BCUT2D eigenvalue weighted by atomic mass is 10.1. The van der Waals surface area contributed by atoms with Crippen LogP contribution in [0.1, 0.15) is 43.5 Å². The normalized spacial score (nSPS) is 11.9. The Morgan fingerprint density at radius 1 is 1.04 bits per heavy atom. The molecule has 0 saturated heterocycles. The standard InChI is InChI=1S/C19H22N4/c1-5-15-7-9-16(10-8-15)21-22-19-18(13(2)3)20-17-11-6-14(4)12-23(17)19/h6-13H,5H2,1-4H3. The van der Waals surface area contributed by atoms with Crippen LogP contribution in [0, 0.1) is 6.92 Å². The van der Waals surface area contributed by atoms with Gasteiger partial charge in [0.2, 0.25) is 0 Å². The Hall–Kier alpha value is -2.49. The molecule has 23 heavy (non-hydrogen) atoms. The van der Waals surface area contributed by atoms with Crippen molar-refractivity contribution in [2.24, 2.45) is 10.2 Å². The van der Waals surface area contributed by atoms with Crippen LogP contribution in [-0.4, -0.2) is 9.38 Å². The summed E-state index contributed by atoms with van der Waals surface area (Å²) in [7, 11) is 0. The fourth-order valence-corrected chi connectivity index (χ4v) is 2.55. The first-order valence-corrected chi connectivity index (χ1v) is 8.07. The van der Waals surface area contributed by atoms with Crippen LogP contribution in [-0.2, 0) is 6.42 Å². The van der Waals surface area contributed by atoms with Crippen molar-refractivity contribution in [1.82, 2.24) is 9.38 Å². The highest BCUT2D eigenvalue weighted by atomic mass is 15.2. The maximum absolute atomic E-state index is 4.70. The lowest BCUT2D eigenvalue weighted by molar-refractivity contribution is 0.831. The van der Waals surface area contributed by atoms with E-state index in [0.29, 0.717) is 5.92 Å². The number of hydrogen-bond donors (Lipinski definition) is 0. The molecule has 0 radical (unpaired) electrons. The number of aryl methyl sites for hydroxylation is 2. The Balaban J connectivity index is 2.04. The third-order valence-corrected chi connectivity index (χ3v) is 3.92. The molecular weight excluding hydrogens is 284 g/mol. The van der Waals surface area contributed by atoms with Crippen LogP contribution >= 0.6 is 0 Å². The third-order valence-electron chi connectivity index (χ3n) is 3.92. The van der Waals surface area contributed by atoms with Crippen LogP contribution in [0.5, 0.6) is 0 Å². The van der Waals surface area contributed by atoms with Crippen LogP contribution in [0.4, 0.5) is 11.5 Å². The van der Waals surface area contributed by atoms with E-state index in [1.807, 2.05) is 22.6 Å². The second kappa shape index (κ2) is 6.32. The quantitative estimate of drug-likeness (QED) is 0.566. The van der Waals surface area contributed by atoms with Crippen LogP contribution in [0.25, 0.3) is 5.65 Å². The van der Waals surface area contributed by atoms with Crippen molar-refractivity contribution < 1.29 is 0 Å². The highest BCUT2D eigenvalue weighted by Gasteiger charge is 2.15. The summed E-state index contributed by atoms with van der Waals surface area (Å²) in [5, 5.41) is 8.92. The Bertz CT molecular complexity index is 842. The molecule has 3 aromatic rings. The molecule has 0 aliphatic heterocycles. The number of imidazole rings is 1. The molecule has 0 aliphatic carbocycles. The van der Waals surface area contributed by atoms with Gasteiger partial charge in [-0.25, -0.2) is 4.98 Å². The molecule has 4 heteroatoms. The van der Waals surface area contributed by atoms with E-state index in [4.69, 9.17) is 4.98 Å². The van der Waals surface area contributed by atoms with Crippen molar-refractivity contribution >= 4 is 17.2 Å². The molecule has 0 saturated carbocycles. The highest BCUT2D eigenvalue weighted by molar-refractivity contribution is 5.54. The zero-order valence-electron chi connectivity index (χ0n) is 14.1. The van der Waals surface area contributed by atoms with Gasteiger partial charge >= 0.3 is 0 Å². The number of benzene rings is 1. The molecule has 0 atom stereocenters. The summed E-state index contributed by atoms with van der Waals surface area (Å²) in [6.07, 6.45) is 3.09. The molecule has 0 N–H and O–H groups in total. The molecule has 4 nitrogen and oxygen atoms in total. The minimum Gasteiger partial charge on any atom is -0.283 e. The third kappa shape index (κ3) is 3.16. The highest BCUT2D eigenvalue weighted by Crippen LogP contribution is 2.29. The van der Waals surface area contributed by atoms with Crippen molar-refractivity contribution in [3.05, 3.63) is 59.4 Å². The van der Waals surface area contributed by atoms with Gasteiger partial charge in [0.25, 0.3) is 0 Å². The van der Waals surface area contributed by atoms with Gasteiger partial charge in [0, 0.05) is 6.20 Å². The Morgan fingerprint density at radius 2 is 1.78 bits per heavy atom. The minimum absolute atomic E-state index is 0.298. The van der Waals surface area contributed by atoms with Gasteiger partial charge in [-0.15, -0.1) is 10.2 Å². The zero-order chi connectivity index (χ0) is 16.4. The number of fused-ring (bicyclic) bond motifs is 1. The molecule has 0 aliphatic rings. The molecule has 3 rings (SSSR count). The predicted molar refractivity (Wildman–Crippen MR) is 94.0 cm³/mol. The van der Waals surface area contributed by atoms with E-state index in [1.165, 1.54) is 11.1 Å². The molecule has 0 bridgehead atoms. The van der Waals surface area contributed by atoms with E-state index in [-0.39, 0.29) is 0 Å². The number of rotatable bonds is 4. The smallest absolute Gasteiger partial charge is 0.183 e. The molecule has 0 unspecified atom stereocenters. The topological polar surface area (TPSA) is 42.0 Å². The van der Waals surface area contributed by atoms with E-state index in [2.05, 4.69) is 62.3 Å². The van der Waals surface area contributed by atoms with E-state index >= 15 is 0 Å². The fraction of sp³-hybridized carbons (Fsp3) is 0.316. The van der Waals surface area contributed by atoms with Gasteiger partial charge < -0.3 is 0 Å². The molecular formula is C19H22N4. The summed E-state index contributed by atoms with van der Waals surface area (Å²) in [6, 6.07) is 12.3. The second-order valence-corrected chi connectivity index (χ2v) is 6.13. The number of pyridine rings is 1. The predicted octanol–water partition coefficient (Wildman–Crippen LogP) is 5.74. The van der Waals surface area contributed by atoms with Gasteiger partial charge in [-0.1, -0.05) is 39.0 Å². The first-order valence-electron chi connectivity index (χ1n) is 8.07. The summed E-state index contributed by atoms with van der Waals surface area (Å²) < 4.78 is 2.02. The van der Waals surface area contributed by atoms with Gasteiger partial charge in [-0.3, -0.25) is 4.40 Å². The molecule has 118 valence electrons. The largest absolute Gasteiger partial charge is 0.283 e. The van der Waals surface area contributed by atoms with Crippen LogP contribution in [0.15, 0.2) is 52.8 Å².